The van der Waals surface area contributed by atoms with Crippen molar-refractivity contribution in [1.82, 2.24) is 10.2 Å². The molecule has 3 amide bonds. The Labute approximate surface area is 78.3 Å². The molecular formula is C9H16N2O2. The van der Waals surface area contributed by atoms with Crippen molar-refractivity contribution in [2.24, 2.45) is 0 Å². The molecule has 13 heavy (non-hydrogen) atoms. The van der Waals surface area contributed by atoms with Crippen molar-refractivity contribution in [3.05, 3.63) is 0 Å². The van der Waals surface area contributed by atoms with Gasteiger partial charge in [0.15, 0.2) is 0 Å². The van der Waals surface area contributed by atoms with Crippen LogP contribution in [-0.4, -0.2) is 28.9 Å². The molecule has 0 aromatic rings. The number of carbonyl (C=O) groups excluding carboxylic acids is 2. The molecule has 4 heteroatoms. The molecule has 1 heterocycles. The quantitative estimate of drug-likeness (QED) is 0.668. The van der Waals surface area contributed by atoms with Crippen molar-refractivity contribution in [1.29, 1.82) is 0 Å². The summed E-state index contributed by atoms with van der Waals surface area (Å²) >= 11 is 0. The lowest BCUT2D eigenvalue weighted by molar-refractivity contribution is -0.130. The Morgan fingerprint density at radius 1 is 1.38 bits per heavy atom. The number of hydrogen-bond acceptors (Lipinski definition) is 2. The van der Waals surface area contributed by atoms with Crippen LogP contribution in [0.1, 0.15) is 33.6 Å². The minimum absolute atomic E-state index is 0.0955. The van der Waals surface area contributed by atoms with Crippen LogP contribution in [0.25, 0.3) is 0 Å². The van der Waals surface area contributed by atoms with Gasteiger partial charge in [-0.15, -0.1) is 0 Å². The normalized spacial score (nSPS) is 28.1. The Kier molecular flexibility index (Phi) is 2.59. The van der Waals surface area contributed by atoms with Gasteiger partial charge in [0.25, 0.3) is 5.91 Å². The maximum absolute atomic E-state index is 11.7. The van der Waals surface area contributed by atoms with E-state index in [0.717, 1.165) is 6.42 Å². The second kappa shape index (κ2) is 3.36. The Morgan fingerprint density at radius 3 is 2.38 bits per heavy atom. The van der Waals surface area contributed by atoms with Crippen LogP contribution in [0.2, 0.25) is 0 Å². The minimum Gasteiger partial charge on any atom is -0.323 e. The summed E-state index contributed by atoms with van der Waals surface area (Å²) in [4.78, 5) is 24.3. The van der Waals surface area contributed by atoms with Crippen LogP contribution in [0.15, 0.2) is 0 Å². The van der Waals surface area contributed by atoms with Gasteiger partial charge in [-0.3, -0.25) is 9.69 Å². The third-order valence-corrected chi connectivity index (χ3v) is 2.41. The van der Waals surface area contributed by atoms with Crippen LogP contribution in [0.4, 0.5) is 4.79 Å². The molecule has 1 N–H and O–H groups in total. The molecule has 0 aliphatic carbocycles. The minimum atomic E-state index is -0.665. The lowest BCUT2D eigenvalue weighted by Crippen LogP contribution is -2.43. The van der Waals surface area contributed by atoms with Crippen molar-refractivity contribution in [2.45, 2.75) is 39.2 Å². The molecule has 1 aliphatic heterocycles. The summed E-state index contributed by atoms with van der Waals surface area (Å²) in [6.45, 7) is 6.03. The van der Waals surface area contributed by atoms with Crippen LogP contribution >= 0.6 is 0 Å². The first-order valence-electron chi connectivity index (χ1n) is 4.69. The Balaban J connectivity index is 2.83. The molecule has 74 valence electrons. The summed E-state index contributed by atoms with van der Waals surface area (Å²) in [5, 5.41) is 2.72. The number of rotatable bonds is 3. The Morgan fingerprint density at radius 2 is 2.00 bits per heavy atom. The van der Waals surface area contributed by atoms with E-state index < -0.39 is 5.54 Å². The van der Waals surface area contributed by atoms with Crippen LogP contribution in [0.5, 0.6) is 0 Å². The number of amides is 3. The van der Waals surface area contributed by atoms with E-state index in [1.807, 2.05) is 6.92 Å². The largest absolute Gasteiger partial charge is 0.325 e. The van der Waals surface area contributed by atoms with Crippen molar-refractivity contribution in [3.8, 4) is 0 Å². The molecule has 1 aliphatic rings. The number of imide groups is 1. The van der Waals surface area contributed by atoms with E-state index in [1.54, 1.807) is 13.8 Å². The third-order valence-electron chi connectivity index (χ3n) is 2.41. The summed E-state index contributed by atoms with van der Waals surface area (Å²) in [5.74, 6) is -0.0955. The average molecular weight is 184 g/mol. The zero-order chi connectivity index (χ0) is 10.1. The van der Waals surface area contributed by atoms with Gasteiger partial charge in [-0.2, -0.15) is 0 Å². The smallest absolute Gasteiger partial charge is 0.323 e. The van der Waals surface area contributed by atoms with Gasteiger partial charge in [0.05, 0.1) is 0 Å². The van der Waals surface area contributed by atoms with E-state index in [4.69, 9.17) is 0 Å². The highest BCUT2D eigenvalue weighted by molar-refractivity contribution is 6.06. The molecule has 0 aromatic heterocycles. The number of urea groups is 1. The predicted octanol–water partition coefficient (Wildman–Crippen LogP) is 1.12. The summed E-state index contributed by atoms with van der Waals surface area (Å²) in [6.07, 6.45) is 1.59. The van der Waals surface area contributed by atoms with E-state index in [1.165, 1.54) is 4.90 Å². The van der Waals surface area contributed by atoms with E-state index >= 15 is 0 Å². The molecule has 4 nitrogen and oxygen atoms in total. The second-order valence-electron chi connectivity index (χ2n) is 3.56. The highest BCUT2D eigenvalue weighted by atomic mass is 16.2. The van der Waals surface area contributed by atoms with Crippen molar-refractivity contribution in [3.63, 3.8) is 0 Å². The van der Waals surface area contributed by atoms with Gasteiger partial charge >= 0.3 is 6.03 Å². The molecule has 0 aromatic carbocycles. The maximum Gasteiger partial charge on any atom is 0.325 e. The van der Waals surface area contributed by atoms with Crippen LogP contribution in [-0.2, 0) is 4.79 Å². The van der Waals surface area contributed by atoms with E-state index in [9.17, 15) is 9.59 Å². The fourth-order valence-electron chi connectivity index (χ4n) is 1.70. The van der Waals surface area contributed by atoms with Gasteiger partial charge in [0.2, 0.25) is 0 Å². The zero-order valence-corrected chi connectivity index (χ0v) is 8.39. The topological polar surface area (TPSA) is 49.4 Å². The molecule has 1 unspecified atom stereocenters. The molecule has 0 saturated carbocycles. The molecule has 1 rings (SSSR count). The summed E-state index contributed by atoms with van der Waals surface area (Å²) < 4.78 is 0. The number of likely N-dealkylation sites (N-methyl/N-ethyl adjacent to an activating group) is 1. The van der Waals surface area contributed by atoms with E-state index in [2.05, 4.69) is 5.32 Å². The van der Waals surface area contributed by atoms with Crippen LogP contribution < -0.4 is 5.32 Å². The van der Waals surface area contributed by atoms with Gasteiger partial charge in [-0.05, 0) is 20.3 Å². The highest BCUT2D eigenvalue weighted by Gasteiger charge is 2.45. The van der Waals surface area contributed by atoms with Crippen molar-refractivity contribution >= 4 is 11.9 Å². The lowest BCUT2D eigenvalue weighted by Gasteiger charge is -2.20. The molecule has 0 spiro atoms. The average Bonchev–Trinajstić information content (AvgIpc) is 2.24. The first-order valence-corrected chi connectivity index (χ1v) is 4.69. The first kappa shape index (κ1) is 10.0. The van der Waals surface area contributed by atoms with Gasteiger partial charge in [0.1, 0.15) is 5.54 Å². The second-order valence-corrected chi connectivity index (χ2v) is 3.56. The monoisotopic (exact) mass is 184 g/mol. The first-order chi connectivity index (χ1) is 6.05. The Hall–Kier alpha value is -1.06. The maximum atomic E-state index is 11.7. The molecule has 1 fully saturated rings. The van der Waals surface area contributed by atoms with E-state index in [0.29, 0.717) is 13.0 Å². The molecule has 0 bridgehead atoms. The molecular weight excluding hydrogens is 168 g/mol. The lowest BCUT2D eigenvalue weighted by atomic mass is 9.96. The highest BCUT2D eigenvalue weighted by Crippen LogP contribution is 2.21. The van der Waals surface area contributed by atoms with Crippen molar-refractivity contribution in [2.75, 3.05) is 6.54 Å². The number of hydrogen-bond donors (Lipinski definition) is 1. The van der Waals surface area contributed by atoms with Gasteiger partial charge in [-0.25, -0.2) is 4.79 Å². The van der Waals surface area contributed by atoms with Crippen LogP contribution in [0.3, 0.4) is 0 Å². The predicted molar refractivity (Wildman–Crippen MR) is 49.2 cm³/mol. The number of carbonyl (C=O) groups is 2. The summed E-state index contributed by atoms with van der Waals surface area (Å²) in [6, 6.07) is -0.261. The fraction of sp³-hybridized carbons (Fsp3) is 0.778. The van der Waals surface area contributed by atoms with Gasteiger partial charge in [0, 0.05) is 6.54 Å². The third kappa shape index (κ3) is 1.53. The summed E-state index contributed by atoms with van der Waals surface area (Å²) in [5.41, 5.74) is -0.665. The molecule has 1 saturated heterocycles. The van der Waals surface area contributed by atoms with Crippen molar-refractivity contribution < 1.29 is 9.59 Å². The molecule has 0 radical (unpaired) electrons. The van der Waals surface area contributed by atoms with Gasteiger partial charge in [-0.1, -0.05) is 13.3 Å². The standard InChI is InChI=1S/C9H16N2O2/c1-4-6-9(3)7(12)11(5-2)8(13)10-9/h4-6H2,1-3H3,(H,10,13). The van der Waals surface area contributed by atoms with Crippen LogP contribution in [0, 0.1) is 0 Å². The SMILES string of the molecule is CCCC1(C)NC(=O)N(CC)C1=O. The fourth-order valence-corrected chi connectivity index (χ4v) is 1.70. The summed E-state index contributed by atoms with van der Waals surface area (Å²) in [7, 11) is 0. The zero-order valence-electron chi connectivity index (χ0n) is 8.39. The van der Waals surface area contributed by atoms with E-state index in [-0.39, 0.29) is 11.9 Å². The number of nitrogens with one attached hydrogen (secondary N) is 1. The Bertz CT molecular complexity index is 240. The molecule has 1 atom stereocenters. The van der Waals surface area contributed by atoms with Gasteiger partial charge < -0.3 is 5.32 Å². The number of nitrogens with zero attached hydrogens (tertiary/aromatic N) is 1.